The Hall–Kier alpha value is -1.53. The van der Waals surface area contributed by atoms with Gasteiger partial charge < -0.3 is 24.8 Å². The van der Waals surface area contributed by atoms with Crippen LogP contribution in [0.4, 0.5) is 5.82 Å². The normalized spacial score (nSPS) is 22.4. The van der Waals surface area contributed by atoms with Gasteiger partial charge in [-0.05, 0) is 51.9 Å². The van der Waals surface area contributed by atoms with Crippen molar-refractivity contribution in [2.24, 2.45) is 0 Å². The zero-order chi connectivity index (χ0) is 19.0. The van der Waals surface area contributed by atoms with Gasteiger partial charge in [0.1, 0.15) is 18.3 Å². The largest absolute Gasteiger partial charge is 0.388 e. The highest BCUT2D eigenvalue weighted by atomic mass is 127. The van der Waals surface area contributed by atoms with Crippen LogP contribution in [-0.4, -0.2) is 54.7 Å². The van der Waals surface area contributed by atoms with E-state index in [9.17, 15) is 10.2 Å². The van der Waals surface area contributed by atoms with Gasteiger partial charge in [0.25, 0.3) is 0 Å². The third kappa shape index (κ3) is 4.02. The number of rotatable bonds is 5. The number of anilines is 1. The van der Waals surface area contributed by atoms with Crippen molar-refractivity contribution in [3.05, 3.63) is 45.0 Å². The van der Waals surface area contributed by atoms with Crippen LogP contribution in [0.5, 0.6) is 0 Å². The van der Waals surface area contributed by atoms with Gasteiger partial charge in [-0.15, -0.1) is 0 Å². The van der Waals surface area contributed by atoms with Crippen molar-refractivity contribution in [1.82, 2.24) is 19.5 Å². The summed E-state index contributed by atoms with van der Waals surface area (Å²) >= 11 is 8.37. The van der Waals surface area contributed by atoms with E-state index in [1.165, 1.54) is 0 Å². The number of nitrogens with one attached hydrogen (secondary N) is 1. The third-order valence-electron chi connectivity index (χ3n) is 4.42. The molecule has 3 N–H and O–H groups in total. The van der Waals surface area contributed by atoms with Crippen molar-refractivity contribution in [3.63, 3.8) is 0 Å². The molecule has 10 heteroatoms. The van der Waals surface area contributed by atoms with Crippen molar-refractivity contribution in [3.8, 4) is 0 Å². The number of aliphatic hydroxyl groups excluding tert-OH is 2. The van der Waals surface area contributed by atoms with E-state index in [0.717, 1.165) is 9.13 Å². The number of aliphatic hydroxyl groups is 2. The fourth-order valence-corrected chi connectivity index (χ4v) is 3.80. The number of hydrogen-bond donors (Lipinski definition) is 3. The fraction of sp³-hybridized carbons (Fsp3) is 0.353. The topological polar surface area (TPSA) is 105 Å². The first-order valence-corrected chi connectivity index (χ1v) is 9.81. The fourth-order valence-electron chi connectivity index (χ4n) is 3.03. The SMILES string of the molecule is O[C@@H]1[C@H](O)CO[C@H]1Cn1cnc2c(NCc3cccc(I)c3)nc(Cl)nc21. The minimum Gasteiger partial charge on any atom is -0.388 e. The van der Waals surface area contributed by atoms with Crippen molar-refractivity contribution in [1.29, 1.82) is 0 Å². The molecule has 2 aromatic heterocycles. The smallest absolute Gasteiger partial charge is 0.226 e. The molecule has 4 rings (SSSR count). The van der Waals surface area contributed by atoms with Crippen LogP contribution in [0.3, 0.4) is 0 Å². The Balaban J connectivity index is 1.58. The van der Waals surface area contributed by atoms with E-state index in [1.807, 2.05) is 18.2 Å². The Labute approximate surface area is 173 Å². The second-order valence-electron chi connectivity index (χ2n) is 6.32. The molecule has 0 unspecified atom stereocenters. The lowest BCUT2D eigenvalue weighted by Crippen LogP contribution is -2.32. The molecule has 1 aromatic carbocycles. The molecule has 142 valence electrons. The van der Waals surface area contributed by atoms with Crippen molar-refractivity contribution in [2.45, 2.75) is 31.4 Å². The maximum atomic E-state index is 9.99. The molecular formula is C17H17ClIN5O3. The summed E-state index contributed by atoms with van der Waals surface area (Å²) in [4.78, 5) is 12.9. The molecular weight excluding hydrogens is 485 g/mol. The molecule has 3 heterocycles. The minimum atomic E-state index is -0.946. The van der Waals surface area contributed by atoms with Gasteiger partial charge in [0.05, 0.1) is 19.5 Å². The first kappa shape index (κ1) is 18.8. The number of ether oxygens (including phenoxy) is 1. The van der Waals surface area contributed by atoms with E-state index in [1.54, 1.807) is 10.9 Å². The van der Waals surface area contributed by atoms with Gasteiger partial charge in [-0.1, -0.05) is 12.1 Å². The van der Waals surface area contributed by atoms with E-state index < -0.39 is 18.3 Å². The van der Waals surface area contributed by atoms with Crippen LogP contribution >= 0.6 is 34.2 Å². The lowest BCUT2D eigenvalue weighted by Gasteiger charge is -2.15. The van der Waals surface area contributed by atoms with Gasteiger partial charge in [0.2, 0.25) is 5.28 Å². The Morgan fingerprint density at radius 3 is 2.93 bits per heavy atom. The van der Waals surface area contributed by atoms with Gasteiger partial charge in [-0.2, -0.15) is 9.97 Å². The summed E-state index contributed by atoms with van der Waals surface area (Å²) in [6, 6.07) is 8.13. The van der Waals surface area contributed by atoms with Gasteiger partial charge in [-0.3, -0.25) is 0 Å². The number of benzene rings is 1. The number of halogens is 2. The van der Waals surface area contributed by atoms with Crippen molar-refractivity contribution in [2.75, 3.05) is 11.9 Å². The minimum absolute atomic E-state index is 0.0994. The number of aromatic nitrogens is 4. The maximum Gasteiger partial charge on any atom is 0.226 e. The lowest BCUT2D eigenvalue weighted by molar-refractivity contribution is 0.0157. The summed E-state index contributed by atoms with van der Waals surface area (Å²) in [6.07, 6.45) is -0.756. The molecule has 1 aliphatic heterocycles. The molecule has 3 atom stereocenters. The number of hydrogen-bond acceptors (Lipinski definition) is 7. The summed E-state index contributed by atoms with van der Waals surface area (Å²) < 4.78 is 8.33. The summed E-state index contributed by atoms with van der Waals surface area (Å²) in [5.41, 5.74) is 2.23. The van der Waals surface area contributed by atoms with E-state index in [0.29, 0.717) is 30.1 Å². The average molecular weight is 502 g/mol. The standard InChI is InChI=1S/C17H17ClIN5O3/c18-17-22-15(20-5-9-2-1-3-10(19)4-9)13-16(23-17)24(8-21-13)6-12-14(26)11(25)7-27-12/h1-4,8,11-12,14,25-26H,5-7H2,(H,20,22,23)/t11-,12+,14-/m1/s1. The van der Waals surface area contributed by atoms with Gasteiger partial charge >= 0.3 is 0 Å². The van der Waals surface area contributed by atoms with Crippen LogP contribution in [-0.2, 0) is 17.8 Å². The molecule has 0 amide bonds. The average Bonchev–Trinajstić information content (AvgIpc) is 3.18. The summed E-state index contributed by atoms with van der Waals surface area (Å²) in [5.74, 6) is 0.538. The Morgan fingerprint density at radius 1 is 1.33 bits per heavy atom. The predicted octanol–water partition coefficient (Wildman–Crippen LogP) is 1.82. The molecule has 1 aliphatic rings. The van der Waals surface area contributed by atoms with Crippen molar-refractivity contribution >= 4 is 51.2 Å². The lowest BCUT2D eigenvalue weighted by atomic mass is 10.1. The van der Waals surface area contributed by atoms with Gasteiger partial charge in [0.15, 0.2) is 17.0 Å². The van der Waals surface area contributed by atoms with E-state index >= 15 is 0 Å². The Kier molecular flexibility index (Phi) is 5.46. The molecule has 0 aliphatic carbocycles. The molecule has 8 nitrogen and oxygen atoms in total. The third-order valence-corrected chi connectivity index (χ3v) is 5.26. The molecule has 27 heavy (non-hydrogen) atoms. The van der Waals surface area contributed by atoms with Crippen LogP contribution in [0.1, 0.15) is 5.56 Å². The molecule has 1 fully saturated rings. The molecule has 3 aromatic rings. The summed E-state index contributed by atoms with van der Waals surface area (Å²) in [6.45, 7) is 0.984. The van der Waals surface area contributed by atoms with E-state index in [-0.39, 0.29) is 11.9 Å². The maximum absolute atomic E-state index is 9.99. The zero-order valence-corrected chi connectivity index (χ0v) is 17.0. The van der Waals surface area contributed by atoms with E-state index in [2.05, 4.69) is 48.9 Å². The summed E-state index contributed by atoms with van der Waals surface area (Å²) in [5, 5.41) is 23.0. The van der Waals surface area contributed by atoms with Gasteiger partial charge in [-0.25, -0.2) is 4.98 Å². The second-order valence-corrected chi connectivity index (χ2v) is 7.91. The van der Waals surface area contributed by atoms with Crippen molar-refractivity contribution < 1.29 is 14.9 Å². The summed E-state index contributed by atoms with van der Waals surface area (Å²) in [7, 11) is 0. The number of fused-ring (bicyclic) bond motifs is 1. The highest BCUT2D eigenvalue weighted by Crippen LogP contribution is 2.24. The predicted molar refractivity (Wildman–Crippen MR) is 109 cm³/mol. The Morgan fingerprint density at radius 2 is 2.19 bits per heavy atom. The highest BCUT2D eigenvalue weighted by molar-refractivity contribution is 14.1. The monoisotopic (exact) mass is 501 g/mol. The van der Waals surface area contributed by atoms with Crippen LogP contribution in [0.15, 0.2) is 30.6 Å². The van der Waals surface area contributed by atoms with Crippen LogP contribution in [0, 0.1) is 3.57 Å². The first-order chi connectivity index (χ1) is 13.0. The zero-order valence-electron chi connectivity index (χ0n) is 14.1. The molecule has 0 radical (unpaired) electrons. The quantitative estimate of drug-likeness (QED) is 0.362. The molecule has 0 saturated carbocycles. The molecule has 1 saturated heterocycles. The Bertz CT molecular complexity index is 969. The van der Waals surface area contributed by atoms with Crippen LogP contribution in [0.25, 0.3) is 11.2 Å². The van der Waals surface area contributed by atoms with E-state index in [4.69, 9.17) is 16.3 Å². The second kappa shape index (κ2) is 7.84. The highest BCUT2D eigenvalue weighted by Gasteiger charge is 2.35. The van der Waals surface area contributed by atoms with Gasteiger partial charge in [0, 0.05) is 10.1 Å². The molecule has 0 bridgehead atoms. The molecule has 0 spiro atoms. The number of imidazole rings is 1. The van der Waals surface area contributed by atoms with Crippen LogP contribution < -0.4 is 5.32 Å². The first-order valence-electron chi connectivity index (χ1n) is 8.35. The van der Waals surface area contributed by atoms with Crippen LogP contribution in [0.2, 0.25) is 5.28 Å². The number of nitrogens with zero attached hydrogens (tertiary/aromatic N) is 4.